The standard InChI is InChI=1S/C25H27ClN6O/c1-17(21-6-4-19(26)13-18(21)15-27)32-16-29-22-7-5-20(14-24(22)32)30-9-11-31(12-10-30)25(33)23-3-2-8-28-23/h4-7,13-14,16-17,23,28H,2-3,8-12H2,1H3/t17?,23-/m1/s1. The van der Waals surface area contributed by atoms with E-state index in [1.165, 1.54) is 0 Å². The molecule has 2 fully saturated rings. The molecule has 0 aliphatic carbocycles. The van der Waals surface area contributed by atoms with Gasteiger partial charge in [0.05, 0.1) is 41.1 Å². The average Bonchev–Trinajstić information content (AvgIpc) is 3.53. The van der Waals surface area contributed by atoms with Gasteiger partial charge in [0.1, 0.15) is 0 Å². The van der Waals surface area contributed by atoms with Gasteiger partial charge in [-0.3, -0.25) is 4.79 Å². The Morgan fingerprint density at radius 1 is 1.21 bits per heavy atom. The van der Waals surface area contributed by atoms with E-state index in [0.29, 0.717) is 10.6 Å². The average molecular weight is 463 g/mol. The lowest BCUT2D eigenvalue weighted by Gasteiger charge is -2.37. The summed E-state index contributed by atoms with van der Waals surface area (Å²) in [6.45, 7) is 6.10. The van der Waals surface area contributed by atoms with Gasteiger partial charge in [0, 0.05) is 36.9 Å². The zero-order chi connectivity index (χ0) is 22.9. The molecule has 1 amide bonds. The number of nitriles is 1. The Kier molecular flexibility index (Phi) is 5.96. The molecule has 0 spiro atoms. The van der Waals surface area contributed by atoms with Crippen LogP contribution in [0.2, 0.25) is 5.02 Å². The summed E-state index contributed by atoms with van der Waals surface area (Å²) in [6, 6.07) is 13.9. The molecule has 1 unspecified atom stereocenters. The molecule has 0 radical (unpaired) electrons. The molecule has 3 aromatic rings. The quantitative estimate of drug-likeness (QED) is 0.641. The summed E-state index contributed by atoms with van der Waals surface area (Å²) >= 11 is 6.09. The van der Waals surface area contributed by atoms with E-state index in [-0.39, 0.29) is 18.0 Å². The molecule has 5 rings (SSSR count). The van der Waals surface area contributed by atoms with Crippen LogP contribution in [0, 0.1) is 11.3 Å². The molecule has 0 saturated carbocycles. The molecule has 2 saturated heterocycles. The van der Waals surface area contributed by atoms with Crippen LogP contribution in [0.25, 0.3) is 11.0 Å². The third kappa shape index (κ3) is 4.17. The van der Waals surface area contributed by atoms with Crippen LogP contribution in [-0.4, -0.2) is 59.1 Å². The van der Waals surface area contributed by atoms with E-state index in [4.69, 9.17) is 11.6 Å². The SMILES string of the molecule is CC(c1ccc(Cl)cc1C#N)n1cnc2ccc(N3CCN(C(=O)[C@H]4CCCN4)CC3)cc21. The fraction of sp³-hybridized carbons (Fsp3) is 0.400. The largest absolute Gasteiger partial charge is 0.368 e. The van der Waals surface area contributed by atoms with Crippen LogP contribution in [0.1, 0.15) is 36.9 Å². The molecule has 170 valence electrons. The highest BCUT2D eigenvalue weighted by molar-refractivity contribution is 6.30. The van der Waals surface area contributed by atoms with E-state index in [2.05, 4.69) is 44.9 Å². The van der Waals surface area contributed by atoms with Gasteiger partial charge >= 0.3 is 0 Å². The van der Waals surface area contributed by atoms with Crippen LogP contribution >= 0.6 is 11.6 Å². The number of carbonyl (C=O) groups is 1. The number of rotatable bonds is 4. The van der Waals surface area contributed by atoms with Crippen LogP contribution < -0.4 is 10.2 Å². The first kappa shape index (κ1) is 21.7. The Morgan fingerprint density at radius 2 is 2.03 bits per heavy atom. The number of amides is 1. The highest BCUT2D eigenvalue weighted by Crippen LogP contribution is 2.30. The number of nitrogens with zero attached hydrogens (tertiary/aromatic N) is 5. The lowest BCUT2D eigenvalue weighted by atomic mass is 10.0. The molecule has 2 aliphatic rings. The van der Waals surface area contributed by atoms with E-state index < -0.39 is 0 Å². The molecule has 7 nitrogen and oxygen atoms in total. The maximum atomic E-state index is 12.7. The summed E-state index contributed by atoms with van der Waals surface area (Å²) in [7, 11) is 0. The fourth-order valence-corrected chi connectivity index (χ4v) is 5.13. The maximum absolute atomic E-state index is 12.7. The van der Waals surface area contributed by atoms with E-state index in [1.54, 1.807) is 6.07 Å². The topological polar surface area (TPSA) is 77.2 Å². The van der Waals surface area contributed by atoms with Crippen molar-refractivity contribution >= 4 is 34.2 Å². The molecule has 2 aliphatic heterocycles. The summed E-state index contributed by atoms with van der Waals surface area (Å²) in [5, 5.41) is 13.4. The number of piperazine rings is 1. The lowest BCUT2D eigenvalue weighted by molar-refractivity contribution is -0.133. The third-order valence-electron chi connectivity index (χ3n) is 6.88. The van der Waals surface area contributed by atoms with E-state index >= 15 is 0 Å². The van der Waals surface area contributed by atoms with Crippen molar-refractivity contribution in [2.24, 2.45) is 0 Å². The predicted octanol–water partition coefficient (Wildman–Crippen LogP) is 3.57. The van der Waals surface area contributed by atoms with Crippen molar-refractivity contribution in [2.45, 2.75) is 31.8 Å². The van der Waals surface area contributed by atoms with Crippen LogP contribution in [0.4, 0.5) is 5.69 Å². The highest BCUT2D eigenvalue weighted by atomic mass is 35.5. The molecule has 2 aromatic carbocycles. The molecular weight excluding hydrogens is 436 g/mol. The number of hydrogen-bond donors (Lipinski definition) is 1. The van der Waals surface area contributed by atoms with Crippen molar-refractivity contribution < 1.29 is 4.79 Å². The Balaban J connectivity index is 1.36. The number of hydrogen-bond acceptors (Lipinski definition) is 5. The van der Waals surface area contributed by atoms with E-state index in [1.807, 2.05) is 29.4 Å². The van der Waals surface area contributed by atoms with Gasteiger partial charge in [-0.25, -0.2) is 4.98 Å². The summed E-state index contributed by atoms with van der Waals surface area (Å²) in [4.78, 5) is 21.6. The number of halogens is 1. The van der Waals surface area contributed by atoms with Gasteiger partial charge in [0.15, 0.2) is 0 Å². The zero-order valence-electron chi connectivity index (χ0n) is 18.7. The molecule has 2 atom stereocenters. The number of carbonyl (C=O) groups excluding carboxylic acids is 1. The van der Waals surface area contributed by atoms with Crippen molar-refractivity contribution in [2.75, 3.05) is 37.6 Å². The van der Waals surface area contributed by atoms with Crippen molar-refractivity contribution in [1.82, 2.24) is 19.8 Å². The van der Waals surface area contributed by atoms with Crippen molar-refractivity contribution in [3.63, 3.8) is 0 Å². The van der Waals surface area contributed by atoms with Crippen molar-refractivity contribution in [3.8, 4) is 6.07 Å². The first-order valence-corrected chi connectivity index (χ1v) is 11.9. The second kappa shape index (κ2) is 9.05. The number of benzene rings is 2. The van der Waals surface area contributed by atoms with Crippen LogP contribution in [-0.2, 0) is 4.79 Å². The zero-order valence-corrected chi connectivity index (χ0v) is 19.4. The Morgan fingerprint density at radius 3 is 2.76 bits per heavy atom. The fourth-order valence-electron chi connectivity index (χ4n) is 4.96. The molecule has 1 aromatic heterocycles. The summed E-state index contributed by atoms with van der Waals surface area (Å²) in [5.41, 5.74) is 4.55. The molecule has 1 N–H and O–H groups in total. The molecular formula is C25H27ClN6O. The number of imidazole rings is 1. The van der Waals surface area contributed by atoms with Gasteiger partial charge in [-0.2, -0.15) is 5.26 Å². The van der Waals surface area contributed by atoms with Gasteiger partial charge in [0.25, 0.3) is 0 Å². The Labute approximate surface area is 198 Å². The van der Waals surface area contributed by atoms with Gasteiger partial charge in [-0.05, 0) is 62.2 Å². The molecule has 0 bridgehead atoms. The van der Waals surface area contributed by atoms with Crippen molar-refractivity contribution in [3.05, 3.63) is 58.9 Å². The minimum Gasteiger partial charge on any atom is -0.368 e. The first-order valence-electron chi connectivity index (χ1n) is 11.5. The maximum Gasteiger partial charge on any atom is 0.239 e. The summed E-state index contributed by atoms with van der Waals surface area (Å²) in [5.74, 6) is 0.241. The van der Waals surface area contributed by atoms with Crippen LogP contribution in [0.15, 0.2) is 42.7 Å². The molecule has 33 heavy (non-hydrogen) atoms. The number of fused-ring (bicyclic) bond motifs is 1. The number of anilines is 1. The Bertz CT molecular complexity index is 1220. The first-order chi connectivity index (χ1) is 16.0. The monoisotopic (exact) mass is 462 g/mol. The second-order valence-corrected chi connectivity index (χ2v) is 9.24. The van der Waals surface area contributed by atoms with Gasteiger partial charge in [-0.15, -0.1) is 0 Å². The minimum absolute atomic E-state index is 0.00471. The summed E-state index contributed by atoms with van der Waals surface area (Å²) in [6.07, 6.45) is 3.85. The third-order valence-corrected chi connectivity index (χ3v) is 7.11. The normalized spacial score (nSPS) is 19.6. The molecule has 8 heteroatoms. The molecule has 3 heterocycles. The highest BCUT2D eigenvalue weighted by Gasteiger charge is 2.29. The smallest absolute Gasteiger partial charge is 0.239 e. The second-order valence-electron chi connectivity index (χ2n) is 8.81. The van der Waals surface area contributed by atoms with E-state index in [9.17, 15) is 10.1 Å². The number of aromatic nitrogens is 2. The Hall–Kier alpha value is -3.08. The lowest BCUT2D eigenvalue weighted by Crippen LogP contribution is -2.53. The predicted molar refractivity (Wildman–Crippen MR) is 130 cm³/mol. The van der Waals surface area contributed by atoms with Crippen molar-refractivity contribution in [1.29, 1.82) is 5.26 Å². The van der Waals surface area contributed by atoms with Gasteiger partial charge < -0.3 is 19.7 Å². The van der Waals surface area contributed by atoms with Gasteiger partial charge in [-0.1, -0.05) is 17.7 Å². The summed E-state index contributed by atoms with van der Waals surface area (Å²) < 4.78 is 2.11. The van der Waals surface area contributed by atoms with Gasteiger partial charge in [0.2, 0.25) is 5.91 Å². The van der Waals surface area contributed by atoms with Crippen LogP contribution in [0.5, 0.6) is 0 Å². The van der Waals surface area contributed by atoms with Crippen LogP contribution in [0.3, 0.4) is 0 Å². The van der Waals surface area contributed by atoms with E-state index in [0.717, 1.165) is 67.8 Å². The number of nitrogens with one attached hydrogen (secondary N) is 1. The minimum atomic E-state index is -0.0643.